The van der Waals surface area contributed by atoms with Gasteiger partial charge >= 0.3 is 5.97 Å². The molecule has 2 N–H and O–H groups in total. The smallest absolute Gasteiger partial charge is 0.357 e. The largest absolute Gasteiger partial charge is 0.476 e. The number of carboxylic acids is 1. The first-order chi connectivity index (χ1) is 9.25. The van der Waals surface area contributed by atoms with Gasteiger partial charge in [0.25, 0.3) is 0 Å². The third kappa shape index (κ3) is 2.71. The molecule has 0 atom stereocenters. The zero-order valence-corrected chi connectivity index (χ0v) is 12.6. The summed E-state index contributed by atoms with van der Waals surface area (Å²) in [6.07, 6.45) is 2.05. The third-order valence-corrected chi connectivity index (χ3v) is 5.57. The van der Waals surface area contributed by atoms with Crippen molar-refractivity contribution in [2.75, 3.05) is 6.54 Å². The van der Waals surface area contributed by atoms with Crippen LogP contribution in [0, 0.1) is 12.8 Å². The van der Waals surface area contributed by atoms with Gasteiger partial charge in [-0.2, -0.15) is 9.40 Å². The predicted molar refractivity (Wildman–Crippen MR) is 72.0 cm³/mol. The van der Waals surface area contributed by atoms with Crippen molar-refractivity contribution >= 4 is 16.0 Å². The highest BCUT2D eigenvalue weighted by atomic mass is 32.2. The van der Waals surface area contributed by atoms with Crippen LogP contribution < -0.4 is 0 Å². The molecule has 1 saturated carbocycles. The number of rotatable bonds is 6. The van der Waals surface area contributed by atoms with Crippen LogP contribution in [-0.2, 0) is 10.0 Å². The number of nitrogens with one attached hydrogen (secondary N) is 1. The van der Waals surface area contributed by atoms with Crippen LogP contribution in [0.5, 0.6) is 0 Å². The summed E-state index contributed by atoms with van der Waals surface area (Å²) in [6.45, 7) is 5.53. The number of nitrogens with zero attached hydrogens (tertiary/aromatic N) is 2. The van der Waals surface area contributed by atoms with Crippen molar-refractivity contribution in [1.82, 2.24) is 14.5 Å². The minimum Gasteiger partial charge on any atom is -0.476 e. The standard InChI is InChI=1S/C12H19N3O4S/c1-7(2)15(6-9-4-5-9)20(18,19)11-8(3)13-14-10(11)12(16)17/h7,9H,4-6H2,1-3H3,(H,13,14)(H,16,17). The molecule has 1 fully saturated rings. The number of carboxylic acid groups (broad SMARTS) is 1. The van der Waals surface area contributed by atoms with E-state index in [1.165, 1.54) is 11.2 Å². The van der Waals surface area contributed by atoms with Gasteiger partial charge in [-0.05, 0) is 39.5 Å². The fourth-order valence-electron chi connectivity index (χ4n) is 2.14. The topological polar surface area (TPSA) is 103 Å². The van der Waals surface area contributed by atoms with Crippen LogP contribution in [0.2, 0.25) is 0 Å². The zero-order chi connectivity index (χ0) is 15.1. The molecule has 1 aliphatic carbocycles. The van der Waals surface area contributed by atoms with Crippen LogP contribution in [0.4, 0.5) is 0 Å². The lowest BCUT2D eigenvalue weighted by Crippen LogP contribution is -2.39. The molecule has 0 radical (unpaired) electrons. The maximum Gasteiger partial charge on any atom is 0.357 e. The van der Waals surface area contributed by atoms with Gasteiger partial charge in [0, 0.05) is 12.6 Å². The predicted octanol–water partition coefficient (Wildman–Crippen LogP) is 1.23. The Hall–Kier alpha value is -1.41. The monoisotopic (exact) mass is 301 g/mol. The molecular weight excluding hydrogens is 282 g/mol. The van der Waals surface area contributed by atoms with E-state index in [1.807, 2.05) is 0 Å². The number of hydrogen-bond donors (Lipinski definition) is 2. The molecule has 1 aromatic heterocycles. The molecule has 0 aliphatic heterocycles. The van der Waals surface area contributed by atoms with Gasteiger partial charge in [-0.15, -0.1) is 0 Å². The van der Waals surface area contributed by atoms with Gasteiger partial charge in [-0.3, -0.25) is 5.10 Å². The number of hydrogen-bond acceptors (Lipinski definition) is 4. The first-order valence-corrected chi connectivity index (χ1v) is 7.99. The van der Waals surface area contributed by atoms with Gasteiger partial charge in [0.2, 0.25) is 10.0 Å². The number of aryl methyl sites for hydroxylation is 1. The van der Waals surface area contributed by atoms with E-state index in [-0.39, 0.29) is 16.6 Å². The molecule has 1 aromatic rings. The minimum atomic E-state index is -3.86. The number of H-pyrrole nitrogens is 1. The van der Waals surface area contributed by atoms with E-state index in [4.69, 9.17) is 5.11 Å². The van der Waals surface area contributed by atoms with Crippen molar-refractivity contribution in [3.8, 4) is 0 Å². The van der Waals surface area contributed by atoms with E-state index in [0.717, 1.165) is 12.8 Å². The molecule has 0 spiro atoms. The van der Waals surface area contributed by atoms with E-state index in [2.05, 4.69) is 10.2 Å². The fraction of sp³-hybridized carbons (Fsp3) is 0.667. The summed E-state index contributed by atoms with van der Waals surface area (Å²) in [5.41, 5.74) is -0.187. The average molecular weight is 301 g/mol. The Balaban J connectivity index is 2.46. The van der Waals surface area contributed by atoms with Gasteiger partial charge in [0.1, 0.15) is 4.90 Å². The first kappa shape index (κ1) is 15.0. The van der Waals surface area contributed by atoms with Gasteiger partial charge in [-0.1, -0.05) is 0 Å². The van der Waals surface area contributed by atoms with E-state index >= 15 is 0 Å². The average Bonchev–Trinajstić information content (AvgIpc) is 3.06. The summed E-state index contributed by atoms with van der Waals surface area (Å²) in [7, 11) is -3.86. The lowest BCUT2D eigenvalue weighted by atomic mass is 10.3. The van der Waals surface area contributed by atoms with Gasteiger partial charge in [-0.25, -0.2) is 13.2 Å². The minimum absolute atomic E-state index is 0.223. The summed E-state index contributed by atoms with van der Waals surface area (Å²) in [4.78, 5) is 10.9. The highest BCUT2D eigenvalue weighted by Gasteiger charge is 2.37. The molecule has 8 heteroatoms. The Kier molecular flexibility index (Phi) is 3.88. The van der Waals surface area contributed by atoms with E-state index in [9.17, 15) is 13.2 Å². The molecule has 1 heterocycles. The molecule has 0 bridgehead atoms. The SMILES string of the molecule is Cc1[nH]nc(C(=O)O)c1S(=O)(=O)N(CC1CC1)C(C)C. The first-order valence-electron chi connectivity index (χ1n) is 6.55. The molecule has 0 aromatic carbocycles. The molecule has 1 aliphatic rings. The van der Waals surface area contributed by atoms with Crippen molar-refractivity contribution < 1.29 is 18.3 Å². The normalized spacial score (nSPS) is 16.1. The fourth-order valence-corrected chi connectivity index (χ4v) is 4.14. The highest BCUT2D eigenvalue weighted by Crippen LogP contribution is 2.33. The van der Waals surface area contributed by atoms with Crippen molar-refractivity contribution in [2.45, 2.75) is 44.6 Å². The van der Waals surface area contributed by atoms with E-state index < -0.39 is 21.7 Å². The number of carbonyl (C=O) groups is 1. The molecule has 2 rings (SSSR count). The van der Waals surface area contributed by atoms with Crippen LogP contribution >= 0.6 is 0 Å². The van der Waals surface area contributed by atoms with Crippen molar-refractivity contribution in [1.29, 1.82) is 0 Å². The number of sulfonamides is 1. The van der Waals surface area contributed by atoms with Gasteiger partial charge in [0.15, 0.2) is 5.69 Å². The number of aromatic carboxylic acids is 1. The third-order valence-electron chi connectivity index (χ3n) is 3.37. The molecule has 112 valence electrons. The van der Waals surface area contributed by atoms with Crippen LogP contribution in [0.15, 0.2) is 4.90 Å². The summed E-state index contributed by atoms with van der Waals surface area (Å²) < 4.78 is 26.9. The molecule has 0 amide bonds. The highest BCUT2D eigenvalue weighted by molar-refractivity contribution is 7.89. The maximum atomic E-state index is 12.7. The second-order valence-corrected chi connectivity index (χ2v) is 7.27. The van der Waals surface area contributed by atoms with Gasteiger partial charge < -0.3 is 5.11 Å². The summed E-state index contributed by atoms with van der Waals surface area (Å²) in [5, 5.41) is 15.1. The van der Waals surface area contributed by atoms with E-state index in [0.29, 0.717) is 12.5 Å². The number of aromatic nitrogens is 2. The molecule has 20 heavy (non-hydrogen) atoms. The van der Waals surface area contributed by atoms with Crippen LogP contribution in [0.3, 0.4) is 0 Å². The van der Waals surface area contributed by atoms with Crippen LogP contribution in [0.1, 0.15) is 42.9 Å². The summed E-state index contributed by atoms with van der Waals surface area (Å²) >= 11 is 0. The van der Waals surface area contributed by atoms with Crippen molar-refractivity contribution in [3.05, 3.63) is 11.4 Å². The van der Waals surface area contributed by atoms with Crippen molar-refractivity contribution in [3.63, 3.8) is 0 Å². The zero-order valence-electron chi connectivity index (χ0n) is 11.8. The quantitative estimate of drug-likeness (QED) is 0.822. The molecule has 7 nitrogen and oxygen atoms in total. The molecule has 0 unspecified atom stereocenters. The van der Waals surface area contributed by atoms with Crippen LogP contribution in [0.25, 0.3) is 0 Å². The summed E-state index contributed by atoms with van der Waals surface area (Å²) in [6, 6.07) is -0.225. The van der Waals surface area contributed by atoms with Crippen LogP contribution in [-0.4, -0.2) is 46.6 Å². The number of aromatic amines is 1. The lowest BCUT2D eigenvalue weighted by molar-refractivity contribution is 0.0686. The lowest BCUT2D eigenvalue weighted by Gasteiger charge is -2.25. The molecule has 0 saturated heterocycles. The maximum absolute atomic E-state index is 12.7. The Morgan fingerprint density at radius 1 is 1.50 bits per heavy atom. The Morgan fingerprint density at radius 2 is 2.10 bits per heavy atom. The Labute approximate surface area is 118 Å². The second kappa shape index (κ2) is 5.17. The molecular formula is C12H19N3O4S. The summed E-state index contributed by atoms with van der Waals surface area (Å²) in [5.74, 6) is -0.962. The second-order valence-electron chi connectivity index (χ2n) is 5.44. The Morgan fingerprint density at radius 3 is 2.55 bits per heavy atom. The van der Waals surface area contributed by atoms with Crippen molar-refractivity contribution in [2.24, 2.45) is 5.92 Å². The Bertz CT molecular complexity index is 617. The van der Waals surface area contributed by atoms with E-state index in [1.54, 1.807) is 13.8 Å². The van der Waals surface area contributed by atoms with Gasteiger partial charge in [0.05, 0.1) is 5.69 Å².